The predicted molar refractivity (Wildman–Crippen MR) is 128 cm³/mol. The van der Waals surface area contributed by atoms with Crippen LogP contribution in [-0.2, 0) is 16.1 Å². The number of rotatable bonds is 9. The fraction of sp³-hybridized carbons (Fsp3) is 0.269. The SMILES string of the molecule is CC(CCNC(=O)c1cnc(CNC(=O)OCC2c3ccccc3-c3ccccc32)nc1)C(=O)O. The Morgan fingerprint density at radius 1 is 0.971 bits per heavy atom. The van der Waals surface area contributed by atoms with Crippen molar-refractivity contribution in [2.24, 2.45) is 5.92 Å². The number of carboxylic acid groups (broad SMARTS) is 1. The van der Waals surface area contributed by atoms with Crippen LogP contribution in [0.3, 0.4) is 0 Å². The first-order valence-corrected chi connectivity index (χ1v) is 11.3. The van der Waals surface area contributed by atoms with Gasteiger partial charge in [-0.15, -0.1) is 0 Å². The lowest BCUT2D eigenvalue weighted by molar-refractivity contribution is -0.141. The largest absolute Gasteiger partial charge is 0.481 e. The Labute approximate surface area is 202 Å². The number of hydrogen-bond donors (Lipinski definition) is 3. The molecule has 0 saturated carbocycles. The van der Waals surface area contributed by atoms with Gasteiger partial charge in [0.2, 0.25) is 0 Å². The third kappa shape index (κ3) is 5.63. The van der Waals surface area contributed by atoms with Crippen molar-refractivity contribution in [2.45, 2.75) is 25.8 Å². The number of carboxylic acids is 1. The number of carbonyl (C=O) groups is 3. The van der Waals surface area contributed by atoms with Crippen LogP contribution in [0.5, 0.6) is 0 Å². The number of benzene rings is 2. The molecule has 35 heavy (non-hydrogen) atoms. The highest BCUT2D eigenvalue weighted by molar-refractivity contribution is 5.93. The van der Waals surface area contributed by atoms with Crippen molar-refractivity contribution in [3.05, 3.63) is 83.4 Å². The zero-order valence-electron chi connectivity index (χ0n) is 19.2. The van der Waals surface area contributed by atoms with Crippen LogP contribution >= 0.6 is 0 Å². The number of nitrogens with one attached hydrogen (secondary N) is 2. The summed E-state index contributed by atoms with van der Waals surface area (Å²) in [6.07, 6.45) is 2.46. The van der Waals surface area contributed by atoms with E-state index in [0.29, 0.717) is 12.2 Å². The van der Waals surface area contributed by atoms with Crippen molar-refractivity contribution in [3.8, 4) is 11.1 Å². The van der Waals surface area contributed by atoms with E-state index in [2.05, 4.69) is 44.9 Å². The van der Waals surface area contributed by atoms with Crippen LogP contribution in [0, 0.1) is 5.92 Å². The van der Waals surface area contributed by atoms with Gasteiger partial charge in [0.05, 0.1) is 18.0 Å². The molecule has 0 aliphatic heterocycles. The lowest BCUT2D eigenvalue weighted by Crippen LogP contribution is -2.28. The average molecular weight is 475 g/mol. The molecule has 2 aromatic carbocycles. The molecule has 9 heteroatoms. The fourth-order valence-corrected chi connectivity index (χ4v) is 3.99. The van der Waals surface area contributed by atoms with Crippen molar-refractivity contribution in [2.75, 3.05) is 13.2 Å². The number of hydrogen-bond acceptors (Lipinski definition) is 6. The Balaban J connectivity index is 1.25. The van der Waals surface area contributed by atoms with Gasteiger partial charge in [0.25, 0.3) is 5.91 Å². The highest BCUT2D eigenvalue weighted by Gasteiger charge is 2.29. The highest BCUT2D eigenvalue weighted by atomic mass is 16.5. The average Bonchev–Trinajstić information content (AvgIpc) is 3.20. The second-order valence-corrected chi connectivity index (χ2v) is 8.35. The van der Waals surface area contributed by atoms with Crippen molar-refractivity contribution in [1.29, 1.82) is 0 Å². The molecule has 180 valence electrons. The van der Waals surface area contributed by atoms with Gasteiger partial charge in [-0.05, 0) is 28.7 Å². The summed E-state index contributed by atoms with van der Waals surface area (Å²) in [6, 6.07) is 16.2. The maximum atomic E-state index is 12.3. The molecule has 0 spiro atoms. The minimum atomic E-state index is -0.907. The van der Waals surface area contributed by atoms with Crippen LogP contribution in [0.2, 0.25) is 0 Å². The van der Waals surface area contributed by atoms with Gasteiger partial charge < -0.3 is 20.5 Å². The summed E-state index contributed by atoms with van der Waals surface area (Å²) >= 11 is 0. The number of ether oxygens (including phenoxy) is 1. The first kappa shape index (κ1) is 23.9. The third-order valence-electron chi connectivity index (χ3n) is 5.99. The molecule has 1 heterocycles. The molecule has 0 fully saturated rings. The Morgan fingerprint density at radius 2 is 1.57 bits per heavy atom. The van der Waals surface area contributed by atoms with E-state index in [9.17, 15) is 14.4 Å². The van der Waals surface area contributed by atoms with Gasteiger partial charge in [-0.1, -0.05) is 55.5 Å². The Hall–Kier alpha value is -4.27. The summed E-state index contributed by atoms with van der Waals surface area (Å²) in [4.78, 5) is 43.5. The summed E-state index contributed by atoms with van der Waals surface area (Å²) in [6.45, 7) is 2.07. The molecule has 2 amide bonds. The lowest BCUT2D eigenvalue weighted by atomic mass is 9.98. The molecule has 9 nitrogen and oxygen atoms in total. The molecule has 3 aromatic rings. The summed E-state index contributed by atoms with van der Waals surface area (Å²) in [5, 5.41) is 14.2. The third-order valence-corrected chi connectivity index (χ3v) is 5.99. The molecule has 1 aliphatic carbocycles. The van der Waals surface area contributed by atoms with Crippen LogP contribution in [0.15, 0.2) is 60.9 Å². The van der Waals surface area contributed by atoms with Gasteiger partial charge in [0.15, 0.2) is 0 Å². The van der Waals surface area contributed by atoms with E-state index in [0.717, 1.165) is 22.3 Å². The standard InChI is InChI=1S/C26H26N4O5/c1-16(25(32)33)10-11-27-24(31)17-12-28-23(29-13-17)14-30-26(34)35-15-22-20-8-4-2-6-18(20)19-7-3-5-9-21(19)22/h2-9,12-13,16,22H,10-11,14-15H2,1H3,(H,27,31)(H,30,34)(H,32,33). The normalized spacial score (nSPS) is 12.8. The van der Waals surface area contributed by atoms with E-state index in [1.54, 1.807) is 6.92 Å². The molecule has 3 N–H and O–H groups in total. The van der Waals surface area contributed by atoms with Gasteiger partial charge in [-0.25, -0.2) is 14.8 Å². The number of amides is 2. The molecule has 1 atom stereocenters. The number of aliphatic carboxylic acids is 1. The first-order valence-electron chi connectivity index (χ1n) is 11.3. The van der Waals surface area contributed by atoms with Crippen LogP contribution in [0.1, 0.15) is 46.6 Å². The number of fused-ring (bicyclic) bond motifs is 3. The van der Waals surface area contributed by atoms with Crippen molar-refractivity contribution in [3.63, 3.8) is 0 Å². The van der Waals surface area contributed by atoms with Gasteiger partial charge >= 0.3 is 12.1 Å². The predicted octanol–water partition coefficient (Wildman–Crippen LogP) is 3.36. The number of alkyl carbamates (subject to hydrolysis) is 1. The minimum absolute atomic E-state index is 0.0271. The Bertz CT molecular complexity index is 1180. The van der Waals surface area contributed by atoms with Crippen molar-refractivity contribution in [1.82, 2.24) is 20.6 Å². The maximum Gasteiger partial charge on any atom is 0.407 e. The monoisotopic (exact) mass is 474 g/mol. The van der Waals surface area contributed by atoms with Crippen molar-refractivity contribution < 1.29 is 24.2 Å². The number of aromatic nitrogens is 2. The molecule has 1 aromatic heterocycles. The van der Waals surface area contributed by atoms with Crippen LogP contribution in [0.25, 0.3) is 11.1 Å². The van der Waals surface area contributed by atoms with Gasteiger partial charge in [-0.3, -0.25) is 9.59 Å². The Kier molecular flexibility index (Phi) is 7.35. The van der Waals surface area contributed by atoms with E-state index in [-0.39, 0.29) is 31.2 Å². The molecule has 1 aliphatic rings. The molecular formula is C26H26N4O5. The zero-order valence-corrected chi connectivity index (χ0v) is 19.2. The van der Waals surface area contributed by atoms with E-state index in [4.69, 9.17) is 9.84 Å². The van der Waals surface area contributed by atoms with Gasteiger partial charge in [0.1, 0.15) is 12.4 Å². The van der Waals surface area contributed by atoms with E-state index < -0.39 is 23.9 Å². The molecule has 0 saturated heterocycles. The summed E-state index contributed by atoms with van der Waals surface area (Å²) in [5.74, 6) is -1.54. The minimum Gasteiger partial charge on any atom is -0.481 e. The second kappa shape index (κ2) is 10.8. The second-order valence-electron chi connectivity index (χ2n) is 8.35. The molecule has 0 bridgehead atoms. The summed E-state index contributed by atoms with van der Waals surface area (Å²) < 4.78 is 5.49. The van der Waals surface area contributed by atoms with E-state index in [1.165, 1.54) is 12.4 Å². The first-order chi connectivity index (χ1) is 16.9. The quantitative estimate of drug-likeness (QED) is 0.433. The maximum absolute atomic E-state index is 12.3. The molecule has 0 radical (unpaired) electrons. The van der Waals surface area contributed by atoms with E-state index in [1.807, 2.05) is 24.3 Å². The fourth-order valence-electron chi connectivity index (χ4n) is 3.99. The molecule has 4 rings (SSSR count). The zero-order chi connectivity index (χ0) is 24.8. The topological polar surface area (TPSA) is 131 Å². The Morgan fingerprint density at radius 3 is 2.17 bits per heavy atom. The number of nitrogens with zero attached hydrogens (tertiary/aromatic N) is 2. The van der Waals surface area contributed by atoms with Crippen LogP contribution in [0.4, 0.5) is 4.79 Å². The molecular weight excluding hydrogens is 448 g/mol. The lowest BCUT2D eigenvalue weighted by Gasteiger charge is -2.14. The summed E-state index contributed by atoms with van der Waals surface area (Å²) in [7, 11) is 0. The number of carbonyl (C=O) groups excluding carboxylic acids is 2. The summed E-state index contributed by atoms with van der Waals surface area (Å²) in [5.41, 5.74) is 4.84. The highest BCUT2D eigenvalue weighted by Crippen LogP contribution is 2.44. The van der Waals surface area contributed by atoms with Gasteiger partial charge in [0, 0.05) is 24.9 Å². The van der Waals surface area contributed by atoms with Crippen LogP contribution < -0.4 is 10.6 Å². The van der Waals surface area contributed by atoms with E-state index >= 15 is 0 Å². The van der Waals surface area contributed by atoms with Crippen molar-refractivity contribution >= 4 is 18.0 Å². The van der Waals surface area contributed by atoms with Gasteiger partial charge in [-0.2, -0.15) is 0 Å². The van der Waals surface area contributed by atoms with Crippen LogP contribution in [-0.4, -0.2) is 46.2 Å². The molecule has 1 unspecified atom stereocenters. The smallest absolute Gasteiger partial charge is 0.407 e.